The molecule has 3 aromatic rings. The summed E-state index contributed by atoms with van der Waals surface area (Å²) in [6, 6.07) is 9.13. The topological polar surface area (TPSA) is 99.4 Å². The summed E-state index contributed by atoms with van der Waals surface area (Å²) in [5.74, 6) is -2.50. The number of carbonyl (C=O) groups excluding carboxylic acids is 1. The maximum Gasteiger partial charge on any atom is 0.573 e. The molecule has 0 saturated heterocycles. The predicted molar refractivity (Wildman–Crippen MR) is 104 cm³/mol. The van der Waals surface area contributed by atoms with Crippen LogP contribution < -0.4 is 20.5 Å². The zero-order valence-electron chi connectivity index (χ0n) is 16.3. The van der Waals surface area contributed by atoms with Gasteiger partial charge in [0, 0.05) is 12.6 Å². The molecule has 1 aliphatic heterocycles. The van der Waals surface area contributed by atoms with Crippen molar-refractivity contribution in [3.05, 3.63) is 77.6 Å². The van der Waals surface area contributed by atoms with E-state index in [9.17, 15) is 22.4 Å². The van der Waals surface area contributed by atoms with Crippen molar-refractivity contribution in [2.24, 2.45) is 0 Å². The van der Waals surface area contributed by atoms with E-state index in [1.807, 2.05) is 0 Å². The molecule has 1 atom stereocenters. The number of alkyl halides is 3. The second kappa shape index (κ2) is 7.98. The Morgan fingerprint density at radius 2 is 2.00 bits per heavy atom. The van der Waals surface area contributed by atoms with Crippen molar-refractivity contribution < 1.29 is 31.8 Å². The molecule has 166 valence electrons. The van der Waals surface area contributed by atoms with Gasteiger partial charge in [-0.25, -0.2) is 9.37 Å². The molecule has 3 N–H and O–H groups in total. The van der Waals surface area contributed by atoms with E-state index < -0.39 is 29.4 Å². The van der Waals surface area contributed by atoms with E-state index in [1.54, 1.807) is 12.1 Å². The Morgan fingerprint density at radius 3 is 2.69 bits per heavy atom. The van der Waals surface area contributed by atoms with Gasteiger partial charge in [0.15, 0.2) is 11.6 Å². The number of nitrogens with zero attached hydrogens (tertiary/aromatic N) is 2. The quantitative estimate of drug-likeness (QED) is 0.593. The molecule has 0 radical (unpaired) electrons. The number of benzene rings is 1. The molecule has 0 saturated carbocycles. The van der Waals surface area contributed by atoms with Gasteiger partial charge in [-0.1, -0.05) is 6.07 Å². The van der Waals surface area contributed by atoms with Crippen LogP contribution in [0.3, 0.4) is 0 Å². The van der Waals surface area contributed by atoms with Crippen LogP contribution in [0.5, 0.6) is 11.5 Å². The number of aromatic nitrogens is 2. The number of nitrogens with two attached hydrogens (primary N) is 1. The fourth-order valence-corrected chi connectivity index (χ4v) is 3.51. The first-order valence-corrected chi connectivity index (χ1v) is 9.36. The molecule has 7 nitrogen and oxygen atoms in total. The highest BCUT2D eigenvalue weighted by molar-refractivity contribution is 5.93. The minimum atomic E-state index is -5.05. The first-order valence-electron chi connectivity index (χ1n) is 9.36. The van der Waals surface area contributed by atoms with Crippen molar-refractivity contribution >= 4 is 11.6 Å². The predicted octanol–water partition coefficient (Wildman–Crippen LogP) is 3.55. The average Bonchev–Trinajstić information content (AvgIpc) is 2.75. The van der Waals surface area contributed by atoms with E-state index >= 15 is 0 Å². The van der Waals surface area contributed by atoms with E-state index in [0.717, 1.165) is 12.1 Å². The number of rotatable bonds is 4. The second-order valence-electron chi connectivity index (χ2n) is 6.98. The molecule has 32 heavy (non-hydrogen) atoms. The van der Waals surface area contributed by atoms with Gasteiger partial charge < -0.3 is 20.5 Å². The van der Waals surface area contributed by atoms with Gasteiger partial charge in [0.25, 0.3) is 5.91 Å². The van der Waals surface area contributed by atoms with Gasteiger partial charge in [0.1, 0.15) is 22.7 Å². The molecule has 0 aliphatic carbocycles. The Hall–Kier alpha value is -3.89. The number of carbonyl (C=O) groups is 1. The highest BCUT2D eigenvalue weighted by Gasteiger charge is 2.43. The number of amides is 1. The van der Waals surface area contributed by atoms with Crippen LogP contribution in [-0.2, 0) is 5.54 Å². The molecular weight excluding hydrogens is 432 g/mol. The summed E-state index contributed by atoms with van der Waals surface area (Å²) in [5.41, 5.74) is 5.06. The average molecular weight is 448 g/mol. The number of halogens is 4. The zero-order valence-corrected chi connectivity index (χ0v) is 16.3. The summed E-state index contributed by atoms with van der Waals surface area (Å²) >= 11 is 0. The van der Waals surface area contributed by atoms with Crippen LogP contribution in [-0.4, -0.2) is 28.8 Å². The van der Waals surface area contributed by atoms with E-state index in [4.69, 9.17) is 10.5 Å². The summed E-state index contributed by atoms with van der Waals surface area (Å²) < 4.78 is 61.5. The van der Waals surface area contributed by atoms with Crippen LogP contribution in [0.2, 0.25) is 0 Å². The number of nitrogen functional groups attached to an aromatic ring is 1. The Labute approximate surface area is 179 Å². The summed E-state index contributed by atoms with van der Waals surface area (Å²) in [4.78, 5) is 21.3. The number of pyridine rings is 2. The van der Waals surface area contributed by atoms with Crippen LogP contribution in [0, 0.1) is 5.82 Å². The molecule has 0 spiro atoms. The molecular formula is C21H16F4N4O3. The van der Waals surface area contributed by atoms with Crippen LogP contribution in [0.15, 0.2) is 54.9 Å². The van der Waals surface area contributed by atoms with Crippen molar-refractivity contribution in [3.8, 4) is 11.5 Å². The van der Waals surface area contributed by atoms with Crippen LogP contribution in [0.1, 0.15) is 28.2 Å². The third-order valence-corrected chi connectivity index (χ3v) is 4.91. The number of fused-ring (bicyclic) bond motifs is 1. The fraction of sp³-hybridized carbons (Fsp3) is 0.190. The molecule has 1 aromatic carbocycles. The van der Waals surface area contributed by atoms with Gasteiger partial charge in [-0.3, -0.25) is 9.78 Å². The maximum atomic E-state index is 14.6. The smallest absolute Gasteiger partial charge is 0.491 e. The van der Waals surface area contributed by atoms with Crippen molar-refractivity contribution in [3.63, 3.8) is 0 Å². The Kier molecular flexibility index (Phi) is 5.33. The monoisotopic (exact) mass is 448 g/mol. The van der Waals surface area contributed by atoms with Crippen molar-refractivity contribution in [2.45, 2.75) is 18.3 Å². The molecule has 3 heterocycles. The number of hydrogen-bond acceptors (Lipinski definition) is 6. The Morgan fingerprint density at radius 1 is 1.19 bits per heavy atom. The molecule has 0 bridgehead atoms. The molecule has 2 aromatic heterocycles. The normalized spacial score (nSPS) is 17.8. The lowest BCUT2D eigenvalue weighted by Gasteiger charge is -2.39. The maximum absolute atomic E-state index is 14.6. The Bertz CT molecular complexity index is 1150. The summed E-state index contributed by atoms with van der Waals surface area (Å²) in [6.45, 7) is 0.135. The molecule has 4 rings (SSSR count). The highest BCUT2D eigenvalue weighted by Crippen LogP contribution is 2.42. The molecule has 11 heteroatoms. The third kappa shape index (κ3) is 4.13. The van der Waals surface area contributed by atoms with Crippen molar-refractivity contribution in [1.82, 2.24) is 15.3 Å². The van der Waals surface area contributed by atoms with Crippen LogP contribution in [0.4, 0.5) is 23.2 Å². The largest absolute Gasteiger partial charge is 0.573 e. The second-order valence-corrected chi connectivity index (χ2v) is 6.98. The fourth-order valence-electron chi connectivity index (χ4n) is 3.51. The van der Waals surface area contributed by atoms with Gasteiger partial charge in [-0.2, -0.15) is 0 Å². The standard InChI is InChI=1S/C21H16F4N4O3/c22-14-10-12(3-6-16(14)32-21(23,24)25)20(7-9-31-17-2-1-8-27-18(17)20)29-19(30)15-5-4-13(26)11-28-15/h1-6,8,10-11H,7,9,26H2,(H,29,30)/t20-/m0/s1. The van der Waals surface area contributed by atoms with Crippen molar-refractivity contribution in [1.29, 1.82) is 0 Å². The summed E-state index contributed by atoms with van der Waals surface area (Å²) in [7, 11) is 0. The first kappa shape index (κ1) is 21.3. The van der Waals surface area contributed by atoms with Crippen LogP contribution >= 0.6 is 0 Å². The minimum absolute atomic E-state index is 0.0417. The molecule has 0 unspecified atom stereocenters. The lowest BCUT2D eigenvalue weighted by atomic mass is 9.81. The van der Waals surface area contributed by atoms with Crippen LogP contribution in [0.25, 0.3) is 0 Å². The number of hydrogen-bond donors (Lipinski definition) is 2. The SMILES string of the molecule is Nc1ccc(C(=O)N[C@]2(c3ccc(OC(F)(F)F)c(F)c3)CCOc3cccnc32)nc1. The summed E-state index contributed by atoms with van der Waals surface area (Å²) in [6.07, 6.45) is -2.15. The molecule has 1 aliphatic rings. The van der Waals surface area contributed by atoms with Crippen molar-refractivity contribution in [2.75, 3.05) is 12.3 Å². The summed E-state index contributed by atoms with van der Waals surface area (Å²) in [5, 5.41) is 2.82. The van der Waals surface area contributed by atoms with Gasteiger partial charge >= 0.3 is 6.36 Å². The first-order chi connectivity index (χ1) is 15.2. The van der Waals surface area contributed by atoms with E-state index in [-0.39, 0.29) is 30.0 Å². The van der Waals surface area contributed by atoms with Gasteiger partial charge in [-0.15, -0.1) is 13.2 Å². The lowest BCUT2D eigenvalue weighted by Crippen LogP contribution is -2.50. The number of ether oxygens (including phenoxy) is 2. The third-order valence-electron chi connectivity index (χ3n) is 4.91. The van der Waals surface area contributed by atoms with Gasteiger partial charge in [0.2, 0.25) is 0 Å². The highest BCUT2D eigenvalue weighted by atomic mass is 19.4. The molecule has 0 fully saturated rings. The lowest BCUT2D eigenvalue weighted by molar-refractivity contribution is -0.275. The molecule has 1 amide bonds. The minimum Gasteiger partial charge on any atom is -0.491 e. The van der Waals surface area contributed by atoms with Gasteiger partial charge in [0.05, 0.1) is 18.5 Å². The Balaban J connectivity index is 1.80. The van der Waals surface area contributed by atoms with E-state index in [2.05, 4.69) is 20.0 Å². The number of nitrogens with one attached hydrogen (secondary N) is 1. The number of anilines is 1. The zero-order chi connectivity index (χ0) is 22.9. The van der Waals surface area contributed by atoms with E-state index in [0.29, 0.717) is 11.4 Å². The van der Waals surface area contributed by atoms with Gasteiger partial charge in [-0.05, 0) is 42.0 Å². The van der Waals surface area contributed by atoms with E-state index in [1.165, 1.54) is 30.6 Å².